The van der Waals surface area contributed by atoms with Crippen LogP contribution in [0.2, 0.25) is 0 Å². The molecular weight excluding hydrogens is 392 g/mol. The molecule has 0 aliphatic heterocycles. The van der Waals surface area contributed by atoms with Gasteiger partial charge in [0.25, 0.3) is 1.43 Å². The Balaban J connectivity index is 1.62. The van der Waals surface area contributed by atoms with Gasteiger partial charge in [0.1, 0.15) is 23.6 Å². The third kappa shape index (κ3) is 3.61. The first-order valence-electron chi connectivity index (χ1n) is 10.9. The Hall–Kier alpha value is -3.80. The zero-order valence-corrected chi connectivity index (χ0v) is 17.0. The van der Waals surface area contributed by atoms with Gasteiger partial charge in [-0.05, 0) is 53.6 Å². The Morgan fingerprint density at radius 1 is 1.13 bits per heavy atom. The van der Waals surface area contributed by atoms with Crippen LogP contribution in [-0.2, 0) is 6.54 Å². The average molecular weight is 416 g/mol. The number of fused-ring (bicyclic) bond motifs is 1. The van der Waals surface area contributed by atoms with Gasteiger partial charge in [-0.3, -0.25) is 0 Å². The standard InChI is InChI=1S/C22H22N8O/c1-23-11-12-29-21(26-27-28-29)16-13-19-22(24-14-16)30(17-5-3-2-4-6-17)20(25-19)15-7-9-18(31)10-8-15/h7-10,13-14,17,31H,2-6,11-12H2/i/hT. The number of nitrogens with zero attached hydrogens (tertiary/aromatic N) is 8. The van der Waals surface area contributed by atoms with Gasteiger partial charge in [-0.15, -0.1) is 5.10 Å². The van der Waals surface area contributed by atoms with Gasteiger partial charge < -0.3 is 14.5 Å². The monoisotopic (exact) mass is 416 g/mol. The molecule has 1 aromatic carbocycles. The molecule has 31 heavy (non-hydrogen) atoms. The second-order valence-electron chi connectivity index (χ2n) is 7.80. The van der Waals surface area contributed by atoms with E-state index in [1.807, 2.05) is 18.2 Å². The highest BCUT2D eigenvalue weighted by atomic mass is 16.3. The highest BCUT2D eigenvalue weighted by Crippen LogP contribution is 2.36. The predicted octanol–water partition coefficient (Wildman–Crippen LogP) is 3.88. The minimum Gasteiger partial charge on any atom is -0.508 e. The Morgan fingerprint density at radius 3 is 2.74 bits per heavy atom. The minimum atomic E-state index is 0.312. The van der Waals surface area contributed by atoms with E-state index in [9.17, 15) is 0 Å². The van der Waals surface area contributed by atoms with Crippen molar-refractivity contribution in [3.63, 3.8) is 0 Å². The van der Waals surface area contributed by atoms with Crippen LogP contribution < -0.4 is 0 Å². The van der Waals surface area contributed by atoms with E-state index in [1.165, 1.54) is 19.3 Å². The maximum Gasteiger partial charge on any atom is 0.293 e. The van der Waals surface area contributed by atoms with Gasteiger partial charge in [0, 0.05) is 23.4 Å². The van der Waals surface area contributed by atoms with E-state index >= 15 is 0 Å². The van der Waals surface area contributed by atoms with Crippen LogP contribution in [0, 0.1) is 6.57 Å². The molecule has 1 saturated carbocycles. The zero-order valence-electron chi connectivity index (χ0n) is 18.0. The molecule has 0 radical (unpaired) electrons. The molecule has 0 bridgehead atoms. The third-order valence-corrected chi connectivity index (χ3v) is 5.80. The summed E-state index contributed by atoms with van der Waals surface area (Å²) in [5.41, 5.74) is 3.35. The molecule has 1 N–H and O–H groups in total. The van der Waals surface area contributed by atoms with E-state index in [2.05, 4.69) is 30.0 Å². The van der Waals surface area contributed by atoms with E-state index in [0.29, 0.717) is 30.7 Å². The molecule has 1 aliphatic carbocycles. The number of hydrogen-bond acceptors (Lipinski definition) is 6. The first-order chi connectivity index (χ1) is 15.8. The summed E-state index contributed by atoms with van der Waals surface area (Å²) in [6.45, 7) is 7.76. The number of phenols is 1. The van der Waals surface area contributed by atoms with Gasteiger partial charge in [0.2, 0.25) is 6.54 Å². The molecule has 0 saturated heterocycles. The molecule has 3 aromatic heterocycles. The Kier molecular flexibility index (Phi) is 4.73. The van der Waals surface area contributed by atoms with Crippen molar-refractivity contribution in [2.45, 2.75) is 44.7 Å². The number of hydrogen-bond donors (Lipinski definition) is 1. The van der Waals surface area contributed by atoms with Crippen LogP contribution in [-0.4, -0.2) is 47.8 Å². The number of pyridine rings is 1. The molecular formula is C22H22N8O. The van der Waals surface area contributed by atoms with Crippen molar-refractivity contribution in [2.75, 3.05) is 6.54 Å². The van der Waals surface area contributed by atoms with Crippen molar-refractivity contribution in [1.82, 2.24) is 34.7 Å². The summed E-state index contributed by atoms with van der Waals surface area (Å²) >= 11 is 0. The van der Waals surface area contributed by atoms with Crippen LogP contribution in [0.5, 0.6) is 5.75 Å². The van der Waals surface area contributed by atoms with Crippen molar-refractivity contribution in [3.8, 4) is 28.5 Å². The second-order valence-corrected chi connectivity index (χ2v) is 7.80. The van der Waals surface area contributed by atoms with Gasteiger partial charge in [0.15, 0.2) is 11.5 Å². The second kappa shape index (κ2) is 8.14. The summed E-state index contributed by atoms with van der Waals surface area (Å²) in [5, 5.41) is 16.5. The van der Waals surface area contributed by atoms with Gasteiger partial charge in [-0.25, -0.2) is 21.2 Å². The van der Waals surface area contributed by atoms with Crippen molar-refractivity contribution in [2.24, 2.45) is 0 Å². The molecule has 0 amide bonds. The lowest BCUT2D eigenvalue weighted by Crippen LogP contribution is -2.14. The lowest BCUT2D eigenvalue weighted by molar-refractivity contribution is 0.361. The van der Waals surface area contributed by atoms with Gasteiger partial charge >= 0.3 is 0 Å². The van der Waals surface area contributed by atoms with E-state index in [0.717, 1.165) is 41.0 Å². The largest absolute Gasteiger partial charge is 0.508 e. The van der Waals surface area contributed by atoms with Crippen molar-refractivity contribution >= 4 is 11.2 Å². The fraction of sp³-hybridized carbons (Fsp3) is 0.364. The van der Waals surface area contributed by atoms with E-state index in [1.54, 1.807) is 23.0 Å². The summed E-state index contributed by atoms with van der Waals surface area (Å²) in [7, 11) is 0. The summed E-state index contributed by atoms with van der Waals surface area (Å²) in [6.07, 6.45) is 7.64. The molecule has 5 rings (SSSR count). The maximum atomic E-state index is 7.10. The summed E-state index contributed by atoms with van der Waals surface area (Å²) in [6, 6.07) is 9.71. The number of imidazole rings is 1. The minimum absolute atomic E-state index is 0.312. The van der Waals surface area contributed by atoms with Crippen LogP contribution >= 0.6 is 0 Å². The third-order valence-electron chi connectivity index (χ3n) is 5.80. The van der Waals surface area contributed by atoms with Crippen molar-refractivity contribution < 1.29 is 5.11 Å². The Bertz CT molecular complexity index is 1270. The highest BCUT2D eigenvalue weighted by molar-refractivity contribution is 5.81. The molecule has 1 fully saturated rings. The molecule has 3 heterocycles. The predicted molar refractivity (Wildman–Crippen MR) is 115 cm³/mol. The van der Waals surface area contributed by atoms with Gasteiger partial charge in [-0.2, -0.15) is 0 Å². The zero-order chi connectivity index (χ0) is 21.9. The maximum absolute atomic E-state index is 7.10. The first-order valence-corrected chi connectivity index (χ1v) is 10.5. The molecule has 4 aromatic rings. The normalized spacial score (nSPS) is 15.0. The SMILES string of the molecule is [3H]Oc1ccc(-c2nc3cc(-c4nnnn4CC[N+]#[C-])cnc3n2C2CCCCC2)cc1. The van der Waals surface area contributed by atoms with Crippen LogP contribution in [0.3, 0.4) is 0 Å². The number of benzene rings is 1. The topological polar surface area (TPSA) is 98.9 Å². The Morgan fingerprint density at radius 2 is 1.97 bits per heavy atom. The van der Waals surface area contributed by atoms with E-state index < -0.39 is 0 Å². The fourth-order valence-electron chi connectivity index (χ4n) is 4.30. The van der Waals surface area contributed by atoms with Gasteiger partial charge in [-0.1, -0.05) is 19.3 Å². The van der Waals surface area contributed by atoms with Gasteiger partial charge in [0.05, 0.1) is 0 Å². The molecule has 9 heteroatoms. The average Bonchev–Trinajstić information content (AvgIpc) is 3.47. The lowest BCUT2D eigenvalue weighted by Gasteiger charge is -2.25. The summed E-state index contributed by atoms with van der Waals surface area (Å²) in [5.74, 6) is 1.93. The fourth-order valence-corrected chi connectivity index (χ4v) is 4.30. The van der Waals surface area contributed by atoms with Crippen LogP contribution in [0.15, 0.2) is 36.5 Å². The number of rotatable bonds is 6. The number of aromatic hydroxyl groups is 1. The van der Waals surface area contributed by atoms with Crippen molar-refractivity contribution in [1.29, 1.82) is 1.43 Å². The molecule has 0 unspecified atom stereocenters. The smallest absolute Gasteiger partial charge is 0.293 e. The summed E-state index contributed by atoms with van der Waals surface area (Å²) in [4.78, 5) is 13.1. The van der Waals surface area contributed by atoms with Crippen LogP contribution in [0.25, 0.3) is 38.8 Å². The number of phenolic OH excluding ortho intramolecular Hbond substituents is 1. The lowest BCUT2D eigenvalue weighted by atomic mass is 9.95. The molecule has 156 valence electrons. The van der Waals surface area contributed by atoms with E-state index in [4.69, 9.17) is 18.0 Å². The van der Waals surface area contributed by atoms with Crippen LogP contribution in [0.4, 0.5) is 0 Å². The first kappa shape index (κ1) is 18.0. The molecule has 9 nitrogen and oxygen atoms in total. The molecule has 0 spiro atoms. The quantitative estimate of drug-likeness (QED) is 0.479. The number of aromatic nitrogens is 7. The van der Waals surface area contributed by atoms with Crippen molar-refractivity contribution in [3.05, 3.63) is 47.9 Å². The Labute approximate surface area is 180 Å². The highest BCUT2D eigenvalue weighted by Gasteiger charge is 2.24. The summed E-state index contributed by atoms with van der Waals surface area (Å²) < 4.78 is 11.0. The molecule has 1 aliphatic rings. The van der Waals surface area contributed by atoms with Crippen LogP contribution in [0.1, 0.15) is 38.1 Å². The molecule has 0 atom stereocenters. The van der Waals surface area contributed by atoms with E-state index in [-0.39, 0.29) is 0 Å². The number of tetrazole rings is 1.